The molecule has 0 N–H and O–H groups in total. The summed E-state index contributed by atoms with van der Waals surface area (Å²) in [6.07, 6.45) is 1.51. The van der Waals surface area contributed by atoms with E-state index < -0.39 is 17.4 Å². The first-order valence-electron chi connectivity index (χ1n) is 5.47. The molecule has 0 unspecified atom stereocenters. The molecule has 0 atom stereocenters. The summed E-state index contributed by atoms with van der Waals surface area (Å²) in [5.41, 5.74) is 0.480. The molecule has 18 heavy (non-hydrogen) atoms. The molecular weight excluding hydrogens is 236 g/mol. The molecule has 1 aromatic carbocycles. The van der Waals surface area contributed by atoms with Crippen LogP contribution in [-0.2, 0) is 6.42 Å². The number of hydrogen-bond acceptors (Lipinski definition) is 2. The zero-order chi connectivity index (χ0) is 13.1. The number of hydrogen-bond donors (Lipinski definition) is 0. The SMILES string of the molecule is Cc1ccc(C(=O)Cc2ccccn2)c(F)c1F. The molecule has 2 aromatic rings. The fourth-order valence-electron chi connectivity index (χ4n) is 1.62. The van der Waals surface area contributed by atoms with E-state index in [9.17, 15) is 13.6 Å². The van der Waals surface area contributed by atoms with E-state index >= 15 is 0 Å². The quantitative estimate of drug-likeness (QED) is 0.780. The normalized spacial score (nSPS) is 10.4. The van der Waals surface area contributed by atoms with Gasteiger partial charge in [0, 0.05) is 11.9 Å². The molecule has 92 valence electrons. The fraction of sp³-hybridized carbons (Fsp3) is 0.143. The maximum Gasteiger partial charge on any atom is 0.171 e. The number of carbonyl (C=O) groups excluding carboxylic acids is 1. The highest BCUT2D eigenvalue weighted by Crippen LogP contribution is 2.17. The molecule has 0 amide bonds. The summed E-state index contributed by atoms with van der Waals surface area (Å²) in [6.45, 7) is 1.45. The molecule has 0 aliphatic carbocycles. The van der Waals surface area contributed by atoms with E-state index in [-0.39, 0.29) is 17.5 Å². The van der Waals surface area contributed by atoms with Crippen molar-refractivity contribution in [3.05, 3.63) is 65.0 Å². The Morgan fingerprint density at radius 2 is 1.94 bits per heavy atom. The third kappa shape index (κ3) is 2.42. The third-order valence-corrected chi connectivity index (χ3v) is 2.64. The second kappa shape index (κ2) is 5.04. The van der Waals surface area contributed by atoms with Crippen molar-refractivity contribution < 1.29 is 13.6 Å². The van der Waals surface area contributed by atoms with E-state index in [4.69, 9.17) is 0 Å². The van der Waals surface area contributed by atoms with Crippen molar-refractivity contribution in [3.63, 3.8) is 0 Å². The lowest BCUT2D eigenvalue weighted by molar-refractivity contribution is 0.0987. The van der Waals surface area contributed by atoms with Gasteiger partial charge in [-0.3, -0.25) is 9.78 Å². The average Bonchev–Trinajstić information content (AvgIpc) is 2.37. The highest BCUT2D eigenvalue weighted by Gasteiger charge is 2.17. The van der Waals surface area contributed by atoms with Gasteiger partial charge < -0.3 is 0 Å². The first-order chi connectivity index (χ1) is 8.59. The number of halogens is 2. The molecule has 0 radical (unpaired) electrons. The standard InChI is InChI=1S/C14H11F2NO/c1-9-5-6-11(14(16)13(9)15)12(18)8-10-4-2-3-7-17-10/h2-7H,8H2,1H3. The van der Waals surface area contributed by atoms with Crippen LogP contribution in [0.25, 0.3) is 0 Å². The van der Waals surface area contributed by atoms with E-state index in [1.807, 2.05) is 0 Å². The summed E-state index contributed by atoms with van der Waals surface area (Å²) in [4.78, 5) is 15.8. The Kier molecular flexibility index (Phi) is 3.46. The van der Waals surface area contributed by atoms with Crippen LogP contribution in [0.3, 0.4) is 0 Å². The number of pyridine rings is 1. The number of aromatic nitrogens is 1. The molecule has 0 saturated heterocycles. The predicted molar refractivity (Wildman–Crippen MR) is 63.4 cm³/mol. The smallest absolute Gasteiger partial charge is 0.171 e. The van der Waals surface area contributed by atoms with Gasteiger partial charge in [-0.25, -0.2) is 8.78 Å². The number of nitrogens with zero attached hydrogens (tertiary/aromatic N) is 1. The molecule has 1 aromatic heterocycles. The van der Waals surface area contributed by atoms with E-state index in [1.54, 1.807) is 24.4 Å². The summed E-state index contributed by atoms with van der Waals surface area (Å²) in [7, 11) is 0. The first kappa shape index (κ1) is 12.4. The summed E-state index contributed by atoms with van der Waals surface area (Å²) < 4.78 is 26.9. The number of carbonyl (C=O) groups is 1. The van der Waals surface area contributed by atoms with Crippen molar-refractivity contribution in [3.8, 4) is 0 Å². The lowest BCUT2D eigenvalue weighted by Crippen LogP contribution is -2.09. The topological polar surface area (TPSA) is 30.0 Å². The monoisotopic (exact) mass is 247 g/mol. The number of Topliss-reactive ketones (excluding diaryl/α,β-unsaturated/α-hetero) is 1. The number of rotatable bonds is 3. The fourth-order valence-corrected chi connectivity index (χ4v) is 1.62. The van der Waals surface area contributed by atoms with Crippen molar-refractivity contribution in [1.29, 1.82) is 0 Å². The van der Waals surface area contributed by atoms with Gasteiger partial charge in [-0.1, -0.05) is 12.1 Å². The lowest BCUT2D eigenvalue weighted by Gasteiger charge is -2.05. The number of aryl methyl sites for hydroxylation is 1. The van der Waals surface area contributed by atoms with E-state index in [0.29, 0.717) is 5.69 Å². The molecule has 0 bridgehead atoms. The zero-order valence-corrected chi connectivity index (χ0v) is 9.78. The molecule has 0 fully saturated rings. The van der Waals surface area contributed by atoms with Gasteiger partial charge >= 0.3 is 0 Å². The minimum absolute atomic E-state index is 0.0414. The minimum Gasteiger partial charge on any atom is -0.294 e. The van der Waals surface area contributed by atoms with Crippen molar-refractivity contribution in [1.82, 2.24) is 4.98 Å². The molecule has 0 aliphatic rings. The van der Waals surface area contributed by atoms with Crippen LogP contribution in [0.1, 0.15) is 21.6 Å². The van der Waals surface area contributed by atoms with Crippen LogP contribution in [0.5, 0.6) is 0 Å². The van der Waals surface area contributed by atoms with Gasteiger partial charge in [-0.15, -0.1) is 0 Å². The second-order valence-corrected chi connectivity index (χ2v) is 3.98. The van der Waals surface area contributed by atoms with Gasteiger partial charge in [0.15, 0.2) is 17.4 Å². The molecule has 2 nitrogen and oxygen atoms in total. The zero-order valence-electron chi connectivity index (χ0n) is 9.78. The maximum absolute atomic E-state index is 13.6. The molecular formula is C14H11F2NO. The van der Waals surface area contributed by atoms with Crippen LogP contribution in [0, 0.1) is 18.6 Å². The van der Waals surface area contributed by atoms with Gasteiger partial charge in [0.25, 0.3) is 0 Å². The van der Waals surface area contributed by atoms with E-state index in [0.717, 1.165) is 0 Å². The Balaban J connectivity index is 2.28. The lowest BCUT2D eigenvalue weighted by atomic mass is 10.0. The van der Waals surface area contributed by atoms with Crippen LogP contribution in [0.15, 0.2) is 36.5 Å². The predicted octanol–water partition coefficient (Wildman–Crippen LogP) is 3.09. The van der Waals surface area contributed by atoms with Gasteiger partial charge in [0.05, 0.1) is 12.0 Å². The summed E-state index contributed by atoms with van der Waals surface area (Å²) >= 11 is 0. The molecule has 0 spiro atoms. The summed E-state index contributed by atoms with van der Waals surface area (Å²) in [5.74, 6) is -2.54. The van der Waals surface area contributed by atoms with Gasteiger partial charge in [0.2, 0.25) is 0 Å². The van der Waals surface area contributed by atoms with Crippen molar-refractivity contribution in [2.75, 3.05) is 0 Å². The van der Waals surface area contributed by atoms with E-state index in [2.05, 4.69) is 4.98 Å². The van der Waals surface area contributed by atoms with E-state index in [1.165, 1.54) is 19.1 Å². The first-order valence-corrected chi connectivity index (χ1v) is 5.47. The molecule has 0 saturated carbocycles. The highest BCUT2D eigenvalue weighted by molar-refractivity contribution is 5.97. The van der Waals surface area contributed by atoms with Crippen molar-refractivity contribution in [2.24, 2.45) is 0 Å². The Hall–Kier alpha value is -2.10. The number of ketones is 1. The average molecular weight is 247 g/mol. The van der Waals surface area contributed by atoms with Crippen LogP contribution < -0.4 is 0 Å². The van der Waals surface area contributed by atoms with Gasteiger partial charge in [-0.2, -0.15) is 0 Å². The Morgan fingerprint density at radius 1 is 1.17 bits per heavy atom. The summed E-state index contributed by atoms with van der Waals surface area (Å²) in [6, 6.07) is 7.82. The Labute approximate surface area is 103 Å². The highest BCUT2D eigenvalue weighted by atomic mass is 19.2. The third-order valence-electron chi connectivity index (χ3n) is 2.64. The van der Waals surface area contributed by atoms with Crippen LogP contribution in [0.4, 0.5) is 8.78 Å². The van der Waals surface area contributed by atoms with Crippen LogP contribution in [0.2, 0.25) is 0 Å². The van der Waals surface area contributed by atoms with Crippen LogP contribution in [-0.4, -0.2) is 10.8 Å². The number of benzene rings is 1. The molecule has 4 heteroatoms. The van der Waals surface area contributed by atoms with Crippen molar-refractivity contribution >= 4 is 5.78 Å². The largest absolute Gasteiger partial charge is 0.294 e. The molecule has 1 heterocycles. The summed E-state index contributed by atoms with van der Waals surface area (Å²) in [5, 5.41) is 0. The molecule has 2 rings (SSSR count). The second-order valence-electron chi connectivity index (χ2n) is 3.98. The Bertz CT molecular complexity index is 582. The molecule has 0 aliphatic heterocycles. The van der Waals surface area contributed by atoms with Gasteiger partial charge in [-0.05, 0) is 30.7 Å². The maximum atomic E-state index is 13.6. The van der Waals surface area contributed by atoms with Crippen LogP contribution >= 0.6 is 0 Å². The Morgan fingerprint density at radius 3 is 2.61 bits per heavy atom. The van der Waals surface area contributed by atoms with Crippen molar-refractivity contribution in [2.45, 2.75) is 13.3 Å². The minimum atomic E-state index is -1.09. The van der Waals surface area contributed by atoms with Gasteiger partial charge in [0.1, 0.15) is 0 Å².